The summed E-state index contributed by atoms with van der Waals surface area (Å²) in [5.41, 5.74) is -1.26. The highest BCUT2D eigenvalue weighted by molar-refractivity contribution is 6.03. The molecule has 1 aliphatic carbocycles. The van der Waals surface area contributed by atoms with Crippen LogP contribution in [0.4, 0.5) is 24.7 Å². The van der Waals surface area contributed by atoms with Gasteiger partial charge in [-0.1, -0.05) is 25.0 Å². The topological polar surface area (TPSA) is 66.9 Å². The summed E-state index contributed by atoms with van der Waals surface area (Å²) in [6.07, 6.45) is 2.60. The van der Waals surface area contributed by atoms with Gasteiger partial charge in [0.1, 0.15) is 11.5 Å². The Hall–Kier alpha value is -2.64. The quantitative estimate of drug-likeness (QED) is 0.871. The Morgan fingerprint density at radius 3 is 2.44 bits per heavy atom. The van der Waals surface area contributed by atoms with E-state index in [0.29, 0.717) is 11.9 Å². The summed E-state index contributed by atoms with van der Waals surface area (Å²) in [7, 11) is 0. The molecule has 1 amide bonds. The van der Waals surface area contributed by atoms with E-state index in [2.05, 4.69) is 20.6 Å². The molecule has 0 aliphatic heterocycles. The van der Waals surface area contributed by atoms with Crippen LogP contribution in [0.5, 0.6) is 0 Å². The predicted molar refractivity (Wildman–Crippen MR) is 87.3 cm³/mol. The highest BCUT2D eigenvalue weighted by Crippen LogP contribution is 2.34. The van der Waals surface area contributed by atoms with E-state index in [1.54, 1.807) is 0 Å². The Kier molecular flexibility index (Phi) is 4.87. The Morgan fingerprint density at radius 2 is 1.80 bits per heavy atom. The van der Waals surface area contributed by atoms with Crippen LogP contribution in [0.2, 0.25) is 0 Å². The van der Waals surface area contributed by atoms with Gasteiger partial charge in [0.2, 0.25) is 0 Å². The maximum Gasteiger partial charge on any atom is 0.418 e. The summed E-state index contributed by atoms with van der Waals surface area (Å²) in [5, 5.41) is 5.48. The lowest BCUT2D eigenvalue weighted by atomic mass is 10.1. The molecule has 1 fully saturated rings. The number of nitrogens with one attached hydrogen (secondary N) is 2. The van der Waals surface area contributed by atoms with Gasteiger partial charge in [-0.3, -0.25) is 4.79 Å². The normalized spacial score (nSPS) is 15.2. The first-order valence-electron chi connectivity index (χ1n) is 7.99. The molecule has 0 bridgehead atoms. The maximum absolute atomic E-state index is 13.0. The fraction of sp³-hybridized carbons (Fsp3) is 0.353. The van der Waals surface area contributed by atoms with Crippen molar-refractivity contribution in [2.75, 3.05) is 10.6 Å². The van der Waals surface area contributed by atoms with Crippen LogP contribution < -0.4 is 10.6 Å². The standard InChI is InChI=1S/C17H17F3N4O/c18-17(19,20)12-7-3-4-8-13(12)24-16(25)14-9-22-15(10-21-14)23-11-5-1-2-6-11/h3-4,7-11H,1-2,5-6H2,(H,22,23)(H,24,25). The van der Waals surface area contributed by atoms with Gasteiger partial charge in [0.25, 0.3) is 5.91 Å². The molecule has 2 aromatic rings. The number of halogens is 3. The number of amides is 1. The van der Waals surface area contributed by atoms with Crippen LogP contribution in [-0.4, -0.2) is 21.9 Å². The summed E-state index contributed by atoms with van der Waals surface area (Å²) in [5.74, 6) is -0.184. The summed E-state index contributed by atoms with van der Waals surface area (Å²) in [6, 6.07) is 5.15. The summed E-state index contributed by atoms with van der Waals surface area (Å²) < 4.78 is 38.9. The zero-order valence-corrected chi connectivity index (χ0v) is 13.3. The van der Waals surface area contributed by atoms with E-state index in [1.165, 1.54) is 43.4 Å². The smallest absolute Gasteiger partial charge is 0.366 e. The Labute approximate surface area is 142 Å². The number of hydrogen-bond acceptors (Lipinski definition) is 4. The fourth-order valence-corrected chi connectivity index (χ4v) is 2.82. The second kappa shape index (κ2) is 7.08. The maximum atomic E-state index is 13.0. The van der Waals surface area contributed by atoms with Gasteiger partial charge in [-0.05, 0) is 25.0 Å². The van der Waals surface area contributed by atoms with Crippen LogP contribution in [0.25, 0.3) is 0 Å². The summed E-state index contributed by atoms with van der Waals surface area (Å²) >= 11 is 0. The molecule has 1 aromatic carbocycles. The third-order valence-electron chi connectivity index (χ3n) is 4.07. The Balaban J connectivity index is 1.69. The molecule has 1 saturated carbocycles. The van der Waals surface area contributed by atoms with Crippen molar-refractivity contribution in [3.05, 3.63) is 47.9 Å². The molecule has 1 heterocycles. The van der Waals surface area contributed by atoms with Crippen molar-refractivity contribution in [2.45, 2.75) is 37.9 Å². The molecule has 132 valence electrons. The lowest BCUT2D eigenvalue weighted by Crippen LogP contribution is -2.19. The van der Waals surface area contributed by atoms with Gasteiger partial charge in [-0.25, -0.2) is 9.97 Å². The minimum absolute atomic E-state index is 0.0473. The van der Waals surface area contributed by atoms with Crippen molar-refractivity contribution in [1.82, 2.24) is 9.97 Å². The van der Waals surface area contributed by atoms with Gasteiger partial charge in [-0.2, -0.15) is 13.2 Å². The third-order valence-corrected chi connectivity index (χ3v) is 4.07. The lowest BCUT2D eigenvalue weighted by molar-refractivity contribution is -0.136. The number of para-hydroxylation sites is 1. The number of rotatable bonds is 4. The van der Waals surface area contributed by atoms with Gasteiger partial charge in [0.15, 0.2) is 0 Å². The monoisotopic (exact) mass is 350 g/mol. The van der Waals surface area contributed by atoms with Crippen molar-refractivity contribution in [3.8, 4) is 0 Å². The molecule has 0 saturated heterocycles. The van der Waals surface area contributed by atoms with Gasteiger partial charge < -0.3 is 10.6 Å². The molecule has 3 rings (SSSR count). The number of anilines is 2. The number of alkyl halides is 3. The molecule has 8 heteroatoms. The number of nitrogens with zero attached hydrogens (tertiary/aromatic N) is 2. The minimum Gasteiger partial charge on any atom is -0.366 e. The van der Waals surface area contributed by atoms with Gasteiger partial charge in [-0.15, -0.1) is 0 Å². The van der Waals surface area contributed by atoms with Crippen LogP contribution in [0, 0.1) is 0 Å². The van der Waals surface area contributed by atoms with E-state index < -0.39 is 17.6 Å². The molecule has 2 N–H and O–H groups in total. The average Bonchev–Trinajstić information content (AvgIpc) is 3.08. The van der Waals surface area contributed by atoms with Crippen molar-refractivity contribution in [3.63, 3.8) is 0 Å². The molecule has 0 spiro atoms. The van der Waals surface area contributed by atoms with E-state index in [0.717, 1.165) is 18.9 Å². The lowest BCUT2D eigenvalue weighted by Gasteiger charge is -2.14. The molecule has 25 heavy (non-hydrogen) atoms. The fourth-order valence-electron chi connectivity index (χ4n) is 2.82. The molecular formula is C17H17F3N4O. The van der Waals surface area contributed by atoms with E-state index in [9.17, 15) is 18.0 Å². The summed E-state index contributed by atoms with van der Waals surface area (Å²) in [4.78, 5) is 20.3. The van der Waals surface area contributed by atoms with Crippen molar-refractivity contribution >= 4 is 17.4 Å². The van der Waals surface area contributed by atoms with Crippen LogP contribution >= 0.6 is 0 Å². The first-order valence-corrected chi connectivity index (χ1v) is 7.99. The predicted octanol–water partition coefficient (Wildman–Crippen LogP) is 4.10. The van der Waals surface area contributed by atoms with Gasteiger partial charge in [0, 0.05) is 6.04 Å². The van der Waals surface area contributed by atoms with Crippen LogP contribution in [-0.2, 0) is 6.18 Å². The highest BCUT2D eigenvalue weighted by atomic mass is 19.4. The van der Waals surface area contributed by atoms with Crippen LogP contribution in [0.15, 0.2) is 36.7 Å². The van der Waals surface area contributed by atoms with Crippen molar-refractivity contribution in [2.24, 2.45) is 0 Å². The molecular weight excluding hydrogens is 333 g/mol. The van der Waals surface area contributed by atoms with Crippen molar-refractivity contribution < 1.29 is 18.0 Å². The zero-order chi connectivity index (χ0) is 17.9. The van der Waals surface area contributed by atoms with E-state index in [-0.39, 0.29) is 11.4 Å². The molecule has 0 unspecified atom stereocenters. The number of carbonyl (C=O) groups is 1. The van der Waals surface area contributed by atoms with Crippen LogP contribution in [0.3, 0.4) is 0 Å². The number of hydrogen-bond donors (Lipinski definition) is 2. The Bertz CT molecular complexity index is 740. The molecule has 5 nitrogen and oxygen atoms in total. The number of aromatic nitrogens is 2. The molecule has 1 aliphatic rings. The first-order chi connectivity index (χ1) is 11.9. The van der Waals surface area contributed by atoms with E-state index >= 15 is 0 Å². The molecule has 0 radical (unpaired) electrons. The SMILES string of the molecule is O=C(Nc1ccccc1C(F)(F)F)c1cnc(NC2CCCC2)cn1. The Morgan fingerprint density at radius 1 is 1.08 bits per heavy atom. The number of carbonyl (C=O) groups excluding carboxylic acids is 1. The second-order valence-corrected chi connectivity index (χ2v) is 5.91. The molecule has 0 atom stereocenters. The van der Waals surface area contributed by atoms with E-state index in [1.807, 2.05) is 0 Å². The first kappa shape index (κ1) is 17.2. The van der Waals surface area contributed by atoms with E-state index in [4.69, 9.17) is 0 Å². The average molecular weight is 350 g/mol. The second-order valence-electron chi connectivity index (χ2n) is 5.91. The minimum atomic E-state index is -4.55. The van der Waals surface area contributed by atoms with Crippen LogP contribution in [0.1, 0.15) is 41.7 Å². The van der Waals surface area contributed by atoms with Gasteiger partial charge >= 0.3 is 6.18 Å². The zero-order valence-electron chi connectivity index (χ0n) is 13.3. The third kappa shape index (κ3) is 4.26. The van der Waals surface area contributed by atoms with Gasteiger partial charge in [0.05, 0.1) is 23.6 Å². The molecule has 1 aromatic heterocycles. The summed E-state index contributed by atoms with van der Waals surface area (Å²) in [6.45, 7) is 0. The number of benzene rings is 1. The largest absolute Gasteiger partial charge is 0.418 e. The highest BCUT2D eigenvalue weighted by Gasteiger charge is 2.33. The van der Waals surface area contributed by atoms with Crippen molar-refractivity contribution in [1.29, 1.82) is 0 Å².